The summed E-state index contributed by atoms with van der Waals surface area (Å²) in [6, 6.07) is 9.31. The second kappa shape index (κ2) is 6.68. The van der Waals surface area contributed by atoms with Crippen LogP contribution in [0.15, 0.2) is 40.1 Å². The van der Waals surface area contributed by atoms with Crippen LogP contribution in [0.25, 0.3) is 10.8 Å². The summed E-state index contributed by atoms with van der Waals surface area (Å²) in [6.07, 6.45) is 2.51. The number of ether oxygens (including phenoxy) is 1. The van der Waals surface area contributed by atoms with Gasteiger partial charge in [0.15, 0.2) is 0 Å². The van der Waals surface area contributed by atoms with Crippen molar-refractivity contribution in [1.29, 1.82) is 0 Å². The van der Waals surface area contributed by atoms with E-state index in [9.17, 15) is 4.79 Å². The van der Waals surface area contributed by atoms with E-state index in [-0.39, 0.29) is 12.3 Å². The topological polar surface area (TPSA) is 77.2 Å². The largest absolute Gasteiger partial charge is 0.497 e. The second-order valence-electron chi connectivity index (χ2n) is 5.96. The fourth-order valence-electron chi connectivity index (χ4n) is 2.52. The predicted molar refractivity (Wildman–Crippen MR) is 94.9 cm³/mol. The molecule has 0 saturated heterocycles. The molecule has 0 atom stereocenters. The molecule has 2 heterocycles. The molecular formula is C18H17N3O3S. The van der Waals surface area contributed by atoms with E-state index in [2.05, 4.69) is 15.5 Å². The maximum Gasteiger partial charge on any atom is 0.259 e. The van der Waals surface area contributed by atoms with E-state index in [0.29, 0.717) is 23.4 Å². The number of benzene rings is 1. The van der Waals surface area contributed by atoms with Crippen LogP contribution in [-0.2, 0) is 11.2 Å². The van der Waals surface area contributed by atoms with Crippen LogP contribution in [0.1, 0.15) is 30.2 Å². The minimum absolute atomic E-state index is 0.0910. The summed E-state index contributed by atoms with van der Waals surface area (Å²) in [7, 11) is 1.62. The van der Waals surface area contributed by atoms with Gasteiger partial charge in [0.25, 0.3) is 5.89 Å². The van der Waals surface area contributed by atoms with Crippen LogP contribution < -0.4 is 10.1 Å². The molecule has 1 aromatic carbocycles. The molecule has 2 aromatic heterocycles. The Morgan fingerprint density at radius 3 is 2.80 bits per heavy atom. The van der Waals surface area contributed by atoms with Gasteiger partial charge in [-0.25, -0.2) is 0 Å². The van der Waals surface area contributed by atoms with Crippen molar-refractivity contribution < 1.29 is 13.9 Å². The van der Waals surface area contributed by atoms with Crippen LogP contribution >= 0.6 is 11.3 Å². The molecule has 1 aliphatic carbocycles. The highest BCUT2D eigenvalue weighted by Crippen LogP contribution is 2.41. The smallest absolute Gasteiger partial charge is 0.259 e. The number of amides is 1. The third kappa shape index (κ3) is 3.56. The van der Waals surface area contributed by atoms with Crippen molar-refractivity contribution in [3.63, 3.8) is 0 Å². The highest BCUT2D eigenvalue weighted by Gasteiger charge is 2.30. The van der Waals surface area contributed by atoms with Gasteiger partial charge in [0.2, 0.25) is 11.8 Å². The Hall–Kier alpha value is -2.67. The van der Waals surface area contributed by atoms with Crippen molar-refractivity contribution >= 4 is 22.9 Å². The number of hydrogen-bond acceptors (Lipinski definition) is 6. The molecule has 0 bridgehead atoms. The molecule has 1 aliphatic rings. The maximum atomic E-state index is 12.3. The molecule has 1 N–H and O–H groups in total. The Labute approximate surface area is 148 Å². The SMILES string of the molecule is COc1ccc(CC(=O)Nc2ccsc2-c2nnc(C3CC3)o2)cc1. The summed E-state index contributed by atoms with van der Waals surface area (Å²) in [6.45, 7) is 0. The van der Waals surface area contributed by atoms with Crippen LogP contribution in [0.3, 0.4) is 0 Å². The van der Waals surface area contributed by atoms with E-state index in [0.717, 1.165) is 29.0 Å². The van der Waals surface area contributed by atoms with Crippen molar-refractivity contribution in [2.45, 2.75) is 25.2 Å². The lowest BCUT2D eigenvalue weighted by Crippen LogP contribution is -2.14. The average molecular weight is 355 g/mol. The summed E-state index contributed by atoms with van der Waals surface area (Å²) >= 11 is 1.47. The van der Waals surface area contributed by atoms with E-state index in [1.165, 1.54) is 11.3 Å². The van der Waals surface area contributed by atoms with Gasteiger partial charge in [0.05, 0.1) is 19.2 Å². The van der Waals surface area contributed by atoms with Crippen LogP contribution in [0, 0.1) is 0 Å². The van der Waals surface area contributed by atoms with Crippen LogP contribution in [0.2, 0.25) is 0 Å². The van der Waals surface area contributed by atoms with Crippen molar-refractivity contribution in [2.24, 2.45) is 0 Å². The molecule has 0 radical (unpaired) electrons. The fraction of sp³-hybridized carbons (Fsp3) is 0.278. The van der Waals surface area contributed by atoms with Crippen LogP contribution in [0.4, 0.5) is 5.69 Å². The van der Waals surface area contributed by atoms with Crippen molar-refractivity contribution in [3.8, 4) is 16.5 Å². The first-order valence-electron chi connectivity index (χ1n) is 8.07. The number of carbonyl (C=O) groups excluding carboxylic acids is 1. The third-order valence-corrected chi connectivity index (χ3v) is 4.93. The van der Waals surface area contributed by atoms with E-state index in [4.69, 9.17) is 9.15 Å². The first-order chi connectivity index (χ1) is 12.2. The Balaban J connectivity index is 1.45. The number of rotatable bonds is 6. The van der Waals surface area contributed by atoms with Crippen molar-refractivity contribution in [2.75, 3.05) is 12.4 Å². The minimum Gasteiger partial charge on any atom is -0.497 e. The van der Waals surface area contributed by atoms with E-state index < -0.39 is 0 Å². The lowest BCUT2D eigenvalue weighted by atomic mass is 10.1. The highest BCUT2D eigenvalue weighted by atomic mass is 32.1. The van der Waals surface area contributed by atoms with Crippen molar-refractivity contribution in [3.05, 3.63) is 47.2 Å². The number of thiophene rings is 1. The zero-order valence-corrected chi connectivity index (χ0v) is 14.5. The Bertz CT molecular complexity index is 881. The molecule has 6 nitrogen and oxygen atoms in total. The van der Waals surface area contributed by atoms with Gasteiger partial charge in [-0.05, 0) is 42.0 Å². The predicted octanol–water partition coefficient (Wildman–Crippen LogP) is 3.87. The number of nitrogens with zero attached hydrogens (tertiary/aromatic N) is 2. The Morgan fingerprint density at radius 1 is 1.28 bits per heavy atom. The summed E-state index contributed by atoms with van der Waals surface area (Å²) in [4.78, 5) is 13.1. The number of methoxy groups -OCH3 is 1. The number of carbonyl (C=O) groups is 1. The third-order valence-electron chi connectivity index (χ3n) is 4.02. The molecule has 1 fully saturated rings. The van der Waals surface area contributed by atoms with Gasteiger partial charge in [-0.3, -0.25) is 4.79 Å². The lowest BCUT2D eigenvalue weighted by molar-refractivity contribution is -0.115. The Kier molecular flexibility index (Phi) is 4.23. The van der Waals surface area contributed by atoms with Gasteiger partial charge in [-0.1, -0.05) is 12.1 Å². The molecule has 128 valence electrons. The molecule has 1 amide bonds. The van der Waals surface area contributed by atoms with Gasteiger partial charge >= 0.3 is 0 Å². The fourth-order valence-corrected chi connectivity index (χ4v) is 3.29. The maximum absolute atomic E-state index is 12.3. The van der Waals surface area contributed by atoms with E-state index in [1.807, 2.05) is 35.7 Å². The lowest BCUT2D eigenvalue weighted by Gasteiger charge is -2.06. The van der Waals surface area contributed by atoms with E-state index >= 15 is 0 Å². The first kappa shape index (κ1) is 15.8. The zero-order valence-electron chi connectivity index (χ0n) is 13.7. The molecule has 0 unspecified atom stereocenters. The monoisotopic (exact) mass is 355 g/mol. The summed E-state index contributed by atoms with van der Waals surface area (Å²) in [5, 5.41) is 13.1. The van der Waals surface area contributed by atoms with Crippen molar-refractivity contribution in [1.82, 2.24) is 10.2 Å². The van der Waals surface area contributed by atoms with Gasteiger partial charge < -0.3 is 14.5 Å². The van der Waals surface area contributed by atoms with Gasteiger partial charge in [-0.15, -0.1) is 21.5 Å². The van der Waals surface area contributed by atoms with E-state index in [1.54, 1.807) is 7.11 Å². The Morgan fingerprint density at radius 2 is 2.08 bits per heavy atom. The highest BCUT2D eigenvalue weighted by molar-refractivity contribution is 7.14. The average Bonchev–Trinajstić information content (AvgIpc) is 3.17. The van der Waals surface area contributed by atoms with Gasteiger partial charge in [0.1, 0.15) is 10.6 Å². The molecule has 1 saturated carbocycles. The van der Waals surface area contributed by atoms with Gasteiger partial charge in [-0.2, -0.15) is 0 Å². The summed E-state index contributed by atoms with van der Waals surface area (Å²) in [5.74, 6) is 2.25. The normalized spacial score (nSPS) is 13.6. The molecule has 7 heteroatoms. The molecular weight excluding hydrogens is 338 g/mol. The summed E-state index contributed by atoms with van der Waals surface area (Å²) < 4.78 is 10.9. The van der Waals surface area contributed by atoms with Crippen LogP contribution in [-0.4, -0.2) is 23.2 Å². The second-order valence-corrected chi connectivity index (χ2v) is 6.87. The van der Waals surface area contributed by atoms with Gasteiger partial charge in [0, 0.05) is 5.92 Å². The minimum atomic E-state index is -0.0910. The summed E-state index contributed by atoms with van der Waals surface area (Å²) in [5.41, 5.74) is 1.62. The van der Waals surface area contributed by atoms with Crippen LogP contribution in [0.5, 0.6) is 5.75 Å². The molecule has 25 heavy (non-hydrogen) atoms. The number of anilines is 1. The quantitative estimate of drug-likeness (QED) is 0.726. The molecule has 0 aliphatic heterocycles. The number of aromatic nitrogens is 2. The first-order valence-corrected chi connectivity index (χ1v) is 8.95. The number of nitrogens with one attached hydrogen (secondary N) is 1. The molecule has 4 rings (SSSR count). The standard InChI is InChI=1S/C18H17N3O3S/c1-23-13-6-2-11(3-7-13)10-15(22)19-14-8-9-25-16(14)18-21-20-17(24-18)12-4-5-12/h2-3,6-9,12H,4-5,10H2,1H3,(H,19,22). The zero-order chi connectivity index (χ0) is 17.2. The number of hydrogen-bond donors (Lipinski definition) is 1. The molecule has 3 aromatic rings. The molecule has 0 spiro atoms.